The molecule has 0 aliphatic heterocycles. The first-order chi connectivity index (χ1) is 11.5. The molecule has 0 radical (unpaired) electrons. The third kappa shape index (κ3) is 3.21. The van der Waals surface area contributed by atoms with Crippen LogP contribution in [0.2, 0.25) is 0 Å². The fourth-order valence-electron chi connectivity index (χ4n) is 2.77. The van der Waals surface area contributed by atoms with Crippen molar-refractivity contribution in [3.05, 3.63) is 62.0 Å². The number of benzene rings is 1. The Kier molecular flexibility index (Phi) is 4.44. The molecule has 7 heteroatoms. The van der Waals surface area contributed by atoms with Gasteiger partial charge in [-0.3, -0.25) is 14.9 Å². The highest BCUT2D eigenvalue weighted by Gasteiger charge is 2.24. The minimum atomic E-state index is -0.946. The van der Waals surface area contributed by atoms with Crippen LogP contribution in [-0.4, -0.2) is 22.8 Å². The van der Waals surface area contributed by atoms with Crippen molar-refractivity contribution in [3.63, 3.8) is 0 Å². The molecule has 2 aromatic rings. The molecule has 124 valence electrons. The third-order valence-corrected chi connectivity index (χ3v) is 5.03. The van der Waals surface area contributed by atoms with E-state index in [0.717, 1.165) is 30.6 Å². The van der Waals surface area contributed by atoms with Gasteiger partial charge in [-0.1, -0.05) is 23.5 Å². The zero-order valence-corrected chi connectivity index (χ0v) is 13.8. The van der Waals surface area contributed by atoms with Crippen LogP contribution in [0.4, 0.5) is 5.00 Å². The highest BCUT2D eigenvalue weighted by Crippen LogP contribution is 2.26. The van der Waals surface area contributed by atoms with Crippen molar-refractivity contribution in [1.82, 2.24) is 0 Å². The third-order valence-electron chi connectivity index (χ3n) is 4.01. The molecule has 1 aromatic heterocycles. The molecular weight excluding hydrogens is 330 g/mol. The topological polar surface area (TPSA) is 86.5 Å². The van der Waals surface area contributed by atoms with Crippen LogP contribution < -0.4 is 0 Å². The molecule has 1 aromatic carbocycles. The summed E-state index contributed by atoms with van der Waals surface area (Å²) in [5, 5.41) is 10.5. The molecule has 0 amide bonds. The van der Waals surface area contributed by atoms with Gasteiger partial charge in [-0.2, -0.15) is 0 Å². The minimum absolute atomic E-state index is 0.107. The molecule has 1 atom stereocenters. The Morgan fingerprint density at radius 1 is 1.21 bits per heavy atom. The summed E-state index contributed by atoms with van der Waals surface area (Å²) in [5.41, 5.74) is 2.96. The number of aryl methyl sites for hydroxylation is 2. The maximum absolute atomic E-state index is 12.4. The molecule has 0 saturated heterocycles. The number of fused-ring (bicyclic) bond motifs is 1. The summed E-state index contributed by atoms with van der Waals surface area (Å²) in [7, 11) is 0. The summed E-state index contributed by atoms with van der Waals surface area (Å²) in [5.74, 6) is -1.00. The van der Waals surface area contributed by atoms with E-state index in [1.54, 1.807) is 6.07 Å². The predicted molar refractivity (Wildman–Crippen MR) is 88.6 cm³/mol. The van der Waals surface area contributed by atoms with Crippen LogP contribution in [-0.2, 0) is 17.6 Å². The standard InChI is InChI=1S/C17H15NO5S/c1-10(23-17(20)14-7-8-15(24-14)18(21)22)16(19)13-6-5-11-3-2-4-12(11)9-13/h5-10H,2-4H2,1H3/t10-/m1/s1. The second-order valence-corrected chi connectivity index (χ2v) is 6.71. The number of carbonyl (C=O) groups is 2. The van der Waals surface area contributed by atoms with Gasteiger partial charge in [0, 0.05) is 11.6 Å². The smallest absolute Gasteiger partial charge is 0.349 e. The van der Waals surface area contributed by atoms with Crippen molar-refractivity contribution in [2.24, 2.45) is 0 Å². The molecular formula is C17H15NO5S. The molecule has 0 bridgehead atoms. The SMILES string of the molecule is C[C@@H](OC(=O)c1ccc([N+](=O)[O-])s1)C(=O)c1ccc2c(c1)CCC2. The highest BCUT2D eigenvalue weighted by molar-refractivity contribution is 7.17. The average molecular weight is 345 g/mol. The molecule has 6 nitrogen and oxygen atoms in total. The number of rotatable bonds is 5. The summed E-state index contributed by atoms with van der Waals surface area (Å²) in [6.45, 7) is 1.51. The summed E-state index contributed by atoms with van der Waals surface area (Å²) in [6, 6.07) is 8.15. The van der Waals surface area contributed by atoms with Gasteiger partial charge in [0.25, 0.3) is 0 Å². The first-order valence-electron chi connectivity index (χ1n) is 7.57. The van der Waals surface area contributed by atoms with Crippen molar-refractivity contribution in [2.75, 3.05) is 0 Å². The lowest BCUT2D eigenvalue weighted by molar-refractivity contribution is -0.380. The molecule has 0 spiro atoms. The summed E-state index contributed by atoms with van der Waals surface area (Å²) >= 11 is 0.730. The highest BCUT2D eigenvalue weighted by atomic mass is 32.1. The molecule has 0 N–H and O–H groups in total. The number of ketones is 1. The van der Waals surface area contributed by atoms with Crippen LogP contribution in [0.3, 0.4) is 0 Å². The van der Waals surface area contributed by atoms with Gasteiger partial charge in [-0.15, -0.1) is 0 Å². The molecule has 0 unspecified atom stereocenters. The zero-order valence-electron chi connectivity index (χ0n) is 13.0. The summed E-state index contributed by atoms with van der Waals surface area (Å²) in [6.07, 6.45) is 2.14. The first kappa shape index (κ1) is 16.3. The van der Waals surface area contributed by atoms with Gasteiger partial charge in [-0.05, 0) is 49.4 Å². The van der Waals surface area contributed by atoms with E-state index < -0.39 is 17.0 Å². The molecule has 1 aliphatic carbocycles. The molecule has 3 rings (SSSR count). The lowest BCUT2D eigenvalue weighted by Crippen LogP contribution is -2.24. The Hall–Kier alpha value is -2.54. The molecule has 1 heterocycles. The van der Waals surface area contributed by atoms with Crippen LogP contribution in [0.5, 0.6) is 0 Å². The van der Waals surface area contributed by atoms with Crippen LogP contribution in [0.15, 0.2) is 30.3 Å². The van der Waals surface area contributed by atoms with Crippen molar-refractivity contribution in [2.45, 2.75) is 32.3 Å². The van der Waals surface area contributed by atoms with Crippen LogP contribution in [0.1, 0.15) is 44.5 Å². The lowest BCUT2D eigenvalue weighted by Gasteiger charge is -2.12. The van der Waals surface area contributed by atoms with Crippen molar-refractivity contribution in [3.8, 4) is 0 Å². The van der Waals surface area contributed by atoms with Gasteiger partial charge in [0.05, 0.1) is 4.92 Å². The zero-order chi connectivity index (χ0) is 17.3. The fraction of sp³-hybridized carbons (Fsp3) is 0.294. The maximum Gasteiger partial charge on any atom is 0.349 e. The van der Waals surface area contributed by atoms with Crippen molar-refractivity contribution >= 4 is 28.1 Å². The second kappa shape index (κ2) is 6.52. The van der Waals surface area contributed by atoms with Gasteiger partial charge in [0.1, 0.15) is 4.88 Å². The average Bonchev–Trinajstić information content (AvgIpc) is 3.22. The summed E-state index contributed by atoms with van der Waals surface area (Å²) in [4.78, 5) is 34.7. The number of nitro groups is 1. The fourth-order valence-corrected chi connectivity index (χ4v) is 3.47. The normalized spacial score (nSPS) is 14.0. The predicted octanol–water partition coefficient (Wildman–Crippen LogP) is 3.57. The van der Waals surface area contributed by atoms with E-state index in [0.29, 0.717) is 5.56 Å². The molecule has 0 saturated carbocycles. The number of hydrogen-bond donors (Lipinski definition) is 0. The Morgan fingerprint density at radius 3 is 2.67 bits per heavy atom. The van der Waals surface area contributed by atoms with E-state index in [1.807, 2.05) is 12.1 Å². The number of thiophene rings is 1. The molecule has 1 aliphatic rings. The largest absolute Gasteiger partial charge is 0.450 e. The van der Waals surface area contributed by atoms with Crippen LogP contribution in [0, 0.1) is 10.1 Å². The molecule has 24 heavy (non-hydrogen) atoms. The Bertz CT molecular complexity index is 826. The monoisotopic (exact) mass is 345 g/mol. The van der Waals surface area contributed by atoms with Crippen LogP contribution >= 0.6 is 11.3 Å². The van der Waals surface area contributed by atoms with Crippen LogP contribution in [0.25, 0.3) is 0 Å². The van der Waals surface area contributed by atoms with E-state index in [-0.39, 0.29) is 15.7 Å². The van der Waals surface area contributed by atoms with Gasteiger partial charge >= 0.3 is 11.0 Å². The van der Waals surface area contributed by atoms with E-state index in [9.17, 15) is 19.7 Å². The number of nitrogens with zero attached hydrogens (tertiary/aromatic N) is 1. The maximum atomic E-state index is 12.4. The number of carbonyl (C=O) groups excluding carboxylic acids is 2. The number of esters is 1. The van der Waals surface area contributed by atoms with Gasteiger partial charge in [0.2, 0.25) is 5.78 Å². The Labute approximate surface area is 142 Å². The minimum Gasteiger partial charge on any atom is -0.450 e. The van der Waals surface area contributed by atoms with E-state index in [1.165, 1.54) is 30.2 Å². The van der Waals surface area contributed by atoms with E-state index >= 15 is 0 Å². The van der Waals surface area contributed by atoms with Crippen molar-refractivity contribution < 1.29 is 19.2 Å². The van der Waals surface area contributed by atoms with Gasteiger partial charge in [0.15, 0.2) is 6.10 Å². The number of ether oxygens (including phenoxy) is 1. The van der Waals surface area contributed by atoms with Gasteiger partial charge in [-0.25, -0.2) is 4.79 Å². The number of hydrogen-bond acceptors (Lipinski definition) is 6. The van der Waals surface area contributed by atoms with E-state index in [4.69, 9.17) is 4.74 Å². The molecule has 0 fully saturated rings. The Morgan fingerprint density at radius 2 is 1.96 bits per heavy atom. The number of Topliss-reactive ketones (excluding diaryl/α,β-unsaturated/α-hetero) is 1. The van der Waals surface area contributed by atoms with Crippen molar-refractivity contribution in [1.29, 1.82) is 0 Å². The van der Waals surface area contributed by atoms with E-state index in [2.05, 4.69) is 0 Å². The first-order valence-corrected chi connectivity index (χ1v) is 8.38. The Balaban J connectivity index is 1.69. The second-order valence-electron chi connectivity index (χ2n) is 5.64. The summed E-state index contributed by atoms with van der Waals surface area (Å²) < 4.78 is 5.16. The lowest BCUT2D eigenvalue weighted by atomic mass is 10.0. The quantitative estimate of drug-likeness (QED) is 0.358. The van der Waals surface area contributed by atoms with Gasteiger partial charge < -0.3 is 4.74 Å².